The van der Waals surface area contributed by atoms with E-state index in [4.69, 9.17) is 4.74 Å². The zero-order valence-corrected chi connectivity index (χ0v) is 15.2. The molecule has 0 aromatic carbocycles. The summed E-state index contributed by atoms with van der Waals surface area (Å²) < 4.78 is 46.0. The van der Waals surface area contributed by atoms with Gasteiger partial charge in [0.1, 0.15) is 11.6 Å². The number of alkyl halides is 3. The molecule has 2 aromatic rings. The van der Waals surface area contributed by atoms with Gasteiger partial charge in [-0.2, -0.15) is 13.2 Å². The van der Waals surface area contributed by atoms with Crippen LogP contribution in [0.15, 0.2) is 24.4 Å². The zero-order chi connectivity index (χ0) is 19.8. The van der Waals surface area contributed by atoms with E-state index >= 15 is 0 Å². The van der Waals surface area contributed by atoms with Crippen molar-refractivity contribution in [2.24, 2.45) is 0 Å². The largest absolute Gasteiger partial charge is 0.451 e. The number of carbonyl (C=O) groups excluding carboxylic acids is 1. The third kappa shape index (κ3) is 4.20. The van der Waals surface area contributed by atoms with Crippen LogP contribution in [0.3, 0.4) is 0 Å². The van der Waals surface area contributed by atoms with Crippen LogP contribution in [0, 0.1) is 0 Å². The minimum Gasteiger partial charge on any atom is -0.444 e. The summed E-state index contributed by atoms with van der Waals surface area (Å²) in [4.78, 5) is 18.2. The molecule has 1 aliphatic heterocycles. The summed E-state index contributed by atoms with van der Waals surface area (Å²) in [6.45, 7) is 5.18. The van der Waals surface area contributed by atoms with Gasteiger partial charge in [-0.3, -0.25) is 9.88 Å². The quantitative estimate of drug-likeness (QED) is 0.796. The third-order valence-corrected chi connectivity index (χ3v) is 4.03. The van der Waals surface area contributed by atoms with Gasteiger partial charge in [0.15, 0.2) is 5.82 Å². The molecule has 146 valence electrons. The van der Waals surface area contributed by atoms with Crippen LogP contribution in [-0.4, -0.2) is 42.9 Å². The van der Waals surface area contributed by atoms with Gasteiger partial charge in [-0.1, -0.05) is 6.07 Å². The first-order chi connectivity index (χ1) is 12.6. The molecule has 0 saturated carbocycles. The van der Waals surface area contributed by atoms with E-state index in [2.05, 4.69) is 15.2 Å². The second-order valence-electron chi connectivity index (χ2n) is 7.25. The Morgan fingerprint density at radius 2 is 1.96 bits per heavy atom. The van der Waals surface area contributed by atoms with Crippen molar-refractivity contribution in [3.05, 3.63) is 41.7 Å². The number of fused-ring (bicyclic) bond motifs is 1. The van der Waals surface area contributed by atoms with Gasteiger partial charge in [0.25, 0.3) is 0 Å². The van der Waals surface area contributed by atoms with E-state index in [1.807, 2.05) is 0 Å². The molecule has 1 atom stereocenters. The van der Waals surface area contributed by atoms with Crippen molar-refractivity contribution < 1.29 is 22.7 Å². The molecule has 0 aliphatic carbocycles. The highest BCUT2D eigenvalue weighted by molar-refractivity contribution is 5.69. The standard InChI is InChI=1S/C17H20F3N5O2/c1-16(2,3)27-15(26)24-8-9-25-13(22-23-14(25)17(18,19)20)12(24)10-11-6-4-5-7-21-11/h4-7,12H,8-10H2,1-3H3. The highest BCUT2D eigenvalue weighted by Crippen LogP contribution is 2.34. The molecule has 7 nitrogen and oxygen atoms in total. The van der Waals surface area contributed by atoms with Gasteiger partial charge >= 0.3 is 12.3 Å². The van der Waals surface area contributed by atoms with E-state index in [0.29, 0.717) is 5.69 Å². The first kappa shape index (κ1) is 19.1. The predicted molar refractivity (Wildman–Crippen MR) is 88.6 cm³/mol. The van der Waals surface area contributed by atoms with Crippen molar-refractivity contribution in [3.63, 3.8) is 0 Å². The van der Waals surface area contributed by atoms with Gasteiger partial charge in [0, 0.05) is 31.4 Å². The smallest absolute Gasteiger partial charge is 0.444 e. The lowest BCUT2D eigenvalue weighted by molar-refractivity contribution is -0.148. The maximum atomic E-state index is 13.2. The summed E-state index contributed by atoms with van der Waals surface area (Å²) in [6.07, 6.45) is -3.43. The molecule has 0 radical (unpaired) electrons. The molecule has 0 fully saturated rings. The lowest BCUT2D eigenvalue weighted by Crippen LogP contribution is -2.46. The Hall–Kier alpha value is -2.65. The van der Waals surface area contributed by atoms with Crippen LogP contribution in [0.1, 0.15) is 44.2 Å². The molecule has 0 bridgehead atoms. The Balaban J connectivity index is 1.98. The van der Waals surface area contributed by atoms with Gasteiger partial charge < -0.3 is 9.30 Å². The van der Waals surface area contributed by atoms with Gasteiger partial charge in [0.05, 0.1) is 0 Å². The van der Waals surface area contributed by atoms with Gasteiger partial charge in [-0.25, -0.2) is 4.79 Å². The number of hydrogen-bond acceptors (Lipinski definition) is 5. The topological polar surface area (TPSA) is 73.1 Å². The summed E-state index contributed by atoms with van der Waals surface area (Å²) in [5.41, 5.74) is -0.101. The van der Waals surface area contributed by atoms with Crippen LogP contribution in [0.4, 0.5) is 18.0 Å². The van der Waals surface area contributed by atoms with Crippen molar-refractivity contribution in [2.75, 3.05) is 6.54 Å². The number of halogens is 3. The van der Waals surface area contributed by atoms with Crippen LogP contribution in [0.25, 0.3) is 0 Å². The number of carbonyl (C=O) groups is 1. The molecule has 0 spiro atoms. The normalized spacial score (nSPS) is 17.6. The molecule has 0 saturated heterocycles. The van der Waals surface area contributed by atoms with Gasteiger partial charge in [-0.15, -0.1) is 10.2 Å². The molecule has 3 rings (SSSR count). The zero-order valence-electron chi connectivity index (χ0n) is 15.2. The first-order valence-corrected chi connectivity index (χ1v) is 8.46. The Kier molecular flexibility index (Phi) is 4.83. The number of amides is 1. The fraction of sp³-hybridized carbons (Fsp3) is 0.529. The van der Waals surface area contributed by atoms with E-state index in [1.165, 1.54) is 4.90 Å². The minimum absolute atomic E-state index is 0.0561. The highest BCUT2D eigenvalue weighted by atomic mass is 19.4. The van der Waals surface area contributed by atoms with Gasteiger partial charge in [-0.05, 0) is 32.9 Å². The minimum atomic E-state index is -4.62. The molecule has 1 aliphatic rings. The molecule has 27 heavy (non-hydrogen) atoms. The summed E-state index contributed by atoms with van der Waals surface area (Å²) in [7, 11) is 0. The lowest BCUT2D eigenvalue weighted by atomic mass is 10.1. The van der Waals surface area contributed by atoms with Crippen molar-refractivity contribution in [3.8, 4) is 0 Å². The third-order valence-electron chi connectivity index (χ3n) is 4.03. The van der Waals surface area contributed by atoms with Crippen LogP contribution in [0.5, 0.6) is 0 Å². The number of nitrogens with zero attached hydrogens (tertiary/aromatic N) is 5. The fourth-order valence-electron chi connectivity index (χ4n) is 2.95. The molecular weight excluding hydrogens is 363 g/mol. The Morgan fingerprint density at radius 3 is 2.56 bits per heavy atom. The summed E-state index contributed by atoms with van der Waals surface area (Å²) >= 11 is 0. The van der Waals surface area contributed by atoms with E-state index in [-0.39, 0.29) is 25.3 Å². The summed E-state index contributed by atoms with van der Waals surface area (Å²) in [6, 6.07) is 4.50. The predicted octanol–water partition coefficient (Wildman–Crippen LogP) is 3.23. The number of pyridine rings is 1. The molecule has 1 unspecified atom stereocenters. The van der Waals surface area contributed by atoms with E-state index < -0.39 is 29.7 Å². The first-order valence-electron chi connectivity index (χ1n) is 8.46. The lowest BCUT2D eigenvalue weighted by Gasteiger charge is -2.36. The van der Waals surface area contributed by atoms with Crippen LogP contribution < -0.4 is 0 Å². The Labute approximate surface area is 154 Å². The van der Waals surface area contributed by atoms with Crippen LogP contribution in [-0.2, 0) is 23.9 Å². The second-order valence-corrected chi connectivity index (χ2v) is 7.25. The average molecular weight is 383 g/mol. The molecular formula is C17H20F3N5O2. The Bertz CT molecular complexity index is 814. The summed E-state index contributed by atoms with van der Waals surface area (Å²) in [5, 5.41) is 7.06. The van der Waals surface area contributed by atoms with Crippen molar-refractivity contribution in [2.45, 2.75) is 51.6 Å². The SMILES string of the molecule is CC(C)(C)OC(=O)N1CCn2c(nnc2C(F)(F)F)C1Cc1ccccn1. The van der Waals surface area contributed by atoms with Crippen molar-refractivity contribution in [1.82, 2.24) is 24.6 Å². The molecule has 2 aromatic heterocycles. The second kappa shape index (κ2) is 6.82. The molecule has 1 amide bonds. The van der Waals surface area contributed by atoms with Crippen LogP contribution >= 0.6 is 0 Å². The maximum Gasteiger partial charge on any atom is 0.451 e. The van der Waals surface area contributed by atoms with Gasteiger partial charge in [0.2, 0.25) is 5.82 Å². The van der Waals surface area contributed by atoms with E-state index in [1.54, 1.807) is 45.2 Å². The monoisotopic (exact) mass is 383 g/mol. The number of rotatable bonds is 2. The molecule has 3 heterocycles. The number of aromatic nitrogens is 4. The molecule has 0 N–H and O–H groups in total. The van der Waals surface area contributed by atoms with Crippen molar-refractivity contribution >= 4 is 6.09 Å². The number of ether oxygens (including phenoxy) is 1. The summed E-state index contributed by atoms with van der Waals surface area (Å²) in [5.74, 6) is -0.988. The fourth-order valence-corrected chi connectivity index (χ4v) is 2.95. The molecule has 10 heteroatoms. The Morgan fingerprint density at radius 1 is 1.22 bits per heavy atom. The van der Waals surface area contributed by atoms with Crippen LogP contribution in [0.2, 0.25) is 0 Å². The maximum absolute atomic E-state index is 13.2. The number of hydrogen-bond donors (Lipinski definition) is 0. The average Bonchev–Trinajstić information content (AvgIpc) is 2.99. The van der Waals surface area contributed by atoms with E-state index in [9.17, 15) is 18.0 Å². The van der Waals surface area contributed by atoms with E-state index in [0.717, 1.165) is 4.57 Å². The highest BCUT2D eigenvalue weighted by Gasteiger charge is 2.43. The van der Waals surface area contributed by atoms with Crippen molar-refractivity contribution in [1.29, 1.82) is 0 Å².